The molecule has 0 N–H and O–H groups in total. The molecule has 0 aliphatic heterocycles. The number of aryl methyl sites for hydroxylation is 3. The van der Waals surface area contributed by atoms with Crippen LogP contribution in [0, 0.1) is 5.82 Å². The van der Waals surface area contributed by atoms with Gasteiger partial charge in [0.25, 0.3) is 0 Å². The summed E-state index contributed by atoms with van der Waals surface area (Å²) in [6, 6.07) is 33.3. The van der Waals surface area contributed by atoms with Gasteiger partial charge in [0.05, 0.1) is 10.8 Å². The van der Waals surface area contributed by atoms with Crippen molar-refractivity contribution in [2.75, 3.05) is 0 Å². The molecule has 1 heterocycles. The molecular weight excluding hydrogens is 554 g/mol. The van der Waals surface area contributed by atoms with Crippen LogP contribution in [-0.2, 0) is 29.5 Å². The van der Waals surface area contributed by atoms with Crippen LogP contribution in [0.25, 0.3) is 32.9 Å². The number of alkyl halides is 3. The maximum atomic E-state index is 13.4. The second-order valence-corrected chi connectivity index (χ2v) is 11.0. The first kappa shape index (κ1) is 30.1. The Kier molecular flexibility index (Phi) is 9.40. The molecule has 0 aliphatic rings. The van der Waals surface area contributed by atoms with E-state index in [1.165, 1.54) is 51.3 Å². The normalized spacial score (nSPS) is 11.9. The van der Waals surface area contributed by atoms with E-state index in [4.69, 9.17) is 13.0 Å². The number of nitrogens with zero attached hydrogens (tertiary/aromatic N) is 1. The summed E-state index contributed by atoms with van der Waals surface area (Å²) in [7, 11) is -6.09. The fraction of sp³-hybridized carbons (Fsp3) is 0.219. The topological polar surface area (TPSA) is 61.1 Å². The van der Waals surface area contributed by atoms with Gasteiger partial charge in [-0.3, -0.25) is 0 Å². The van der Waals surface area contributed by atoms with E-state index in [1.807, 2.05) is 12.1 Å². The van der Waals surface area contributed by atoms with Gasteiger partial charge in [0, 0.05) is 23.4 Å². The van der Waals surface area contributed by atoms with Crippen LogP contribution < -0.4 is 4.57 Å². The van der Waals surface area contributed by atoms with Gasteiger partial charge in [-0.2, -0.15) is 17.7 Å². The van der Waals surface area contributed by atoms with Gasteiger partial charge in [0.15, 0.2) is 16.7 Å². The molecule has 0 unspecified atom stereocenters. The number of fused-ring (bicyclic) bond motifs is 3. The molecule has 214 valence electrons. The zero-order valence-corrected chi connectivity index (χ0v) is 23.2. The highest BCUT2D eigenvalue weighted by Gasteiger charge is 2.37. The number of halogens is 4. The number of benzene rings is 4. The Bertz CT molecular complexity index is 1730. The second-order valence-electron chi connectivity index (χ2n) is 9.64. The maximum absolute atomic E-state index is 13.4. The quantitative estimate of drug-likeness (QED) is 0.0648. The van der Waals surface area contributed by atoms with Gasteiger partial charge in [0.1, 0.15) is 5.82 Å². The van der Waals surface area contributed by atoms with Gasteiger partial charge in [-0.15, -0.1) is 0 Å². The predicted octanol–water partition coefficient (Wildman–Crippen LogP) is 7.72. The summed E-state index contributed by atoms with van der Waals surface area (Å²) in [6.45, 7) is 3.06. The van der Waals surface area contributed by atoms with Crippen LogP contribution in [0.15, 0.2) is 97.1 Å². The molecule has 0 saturated carbocycles. The van der Waals surface area contributed by atoms with Crippen molar-refractivity contribution in [3.63, 3.8) is 0 Å². The average Bonchev–Trinajstić information content (AvgIpc) is 2.95. The SMILES string of the molecule is CCCCc1ccc(-c2c3ccccc3c3ccccc3[n+]2CCc2ccc(F)cc2)cc1.O=S(=O)([O-])C(F)(F)F. The first-order valence-corrected chi connectivity index (χ1v) is 14.6. The molecule has 5 rings (SSSR count). The largest absolute Gasteiger partial charge is 0.741 e. The second kappa shape index (κ2) is 12.8. The van der Waals surface area contributed by atoms with Crippen LogP contribution in [0.4, 0.5) is 17.6 Å². The van der Waals surface area contributed by atoms with Crippen LogP contribution >= 0.6 is 0 Å². The standard InChI is InChI=1S/C31H29FN.CHF3O3S/c1-2-3-8-23-13-17-25(18-14-23)31-29-11-5-4-9-27(29)28-10-6-7-12-30(28)33(31)22-21-24-15-19-26(32)20-16-24;2-1(3,4)8(5,6)7/h4-7,9-20H,2-3,8,21-22H2,1H3;(H,5,6,7)/q+1;/p-1. The Balaban J connectivity index is 0.000000426. The minimum atomic E-state index is -6.09. The first-order valence-electron chi connectivity index (χ1n) is 13.2. The Hall–Kier alpha value is -3.82. The van der Waals surface area contributed by atoms with E-state index in [1.54, 1.807) is 12.1 Å². The lowest BCUT2D eigenvalue weighted by Crippen LogP contribution is -2.38. The highest BCUT2D eigenvalue weighted by molar-refractivity contribution is 7.86. The lowest BCUT2D eigenvalue weighted by Gasteiger charge is -2.13. The van der Waals surface area contributed by atoms with Crippen molar-refractivity contribution in [1.82, 2.24) is 0 Å². The summed E-state index contributed by atoms with van der Waals surface area (Å²) in [4.78, 5) is 0. The first-order chi connectivity index (χ1) is 19.5. The summed E-state index contributed by atoms with van der Waals surface area (Å²) in [5.41, 5.74) is 0.589. The molecule has 41 heavy (non-hydrogen) atoms. The van der Waals surface area contributed by atoms with E-state index in [2.05, 4.69) is 84.3 Å². The lowest BCUT2D eigenvalue weighted by molar-refractivity contribution is -0.658. The van der Waals surface area contributed by atoms with Crippen molar-refractivity contribution in [2.45, 2.75) is 44.7 Å². The van der Waals surface area contributed by atoms with Gasteiger partial charge in [0.2, 0.25) is 11.2 Å². The molecule has 1 aromatic heterocycles. The van der Waals surface area contributed by atoms with Crippen molar-refractivity contribution < 1.29 is 35.1 Å². The van der Waals surface area contributed by atoms with Crippen LogP contribution in [0.2, 0.25) is 0 Å². The number of rotatable bonds is 7. The fourth-order valence-electron chi connectivity index (χ4n) is 4.77. The molecule has 0 saturated heterocycles. The molecule has 0 fully saturated rings. The minimum absolute atomic E-state index is 0.189. The van der Waals surface area contributed by atoms with E-state index in [0.717, 1.165) is 24.9 Å². The van der Waals surface area contributed by atoms with Crippen molar-refractivity contribution in [1.29, 1.82) is 0 Å². The summed E-state index contributed by atoms with van der Waals surface area (Å²) in [6.07, 6.45) is 4.39. The molecule has 9 heteroatoms. The van der Waals surface area contributed by atoms with Crippen LogP contribution in [0.1, 0.15) is 30.9 Å². The average molecular weight is 584 g/mol. The third kappa shape index (κ3) is 7.28. The van der Waals surface area contributed by atoms with Crippen molar-refractivity contribution >= 4 is 31.8 Å². The van der Waals surface area contributed by atoms with Crippen LogP contribution in [0.5, 0.6) is 0 Å². The smallest absolute Gasteiger partial charge is 0.485 e. The Labute approximate surface area is 236 Å². The lowest BCUT2D eigenvalue weighted by atomic mass is 9.97. The monoisotopic (exact) mass is 583 g/mol. The zero-order chi connectivity index (χ0) is 29.6. The van der Waals surface area contributed by atoms with Crippen LogP contribution in [-0.4, -0.2) is 18.5 Å². The summed E-state index contributed by atoms with van der Waals surface area (Å²) < 4.78 is 74.8. The van der Waals surface area contributed by atoms with Crippen molar-refractivity contribution in [2.24, 2.45) is 0 Å². The number of hydrogen-bond donors (Lipinski definition) is 0. The molecule has 4 nitrogen and oxygen atoms in total. The predicted molar refractivity (Wildman–Crippen MR) is 152 cm³/mol. The highest BCUT2D eigenvalue weighted by Crippen LogP contribution is 2.31. The minimum Gasteiger partial charge on any atom is -0.741 e. The third-order valence-electron chi connectivity index (χ3n) is 6.80. The van der Waals surface area contributed by atoms with Crippen molar-refractivity contribution in [3.8, 4) is 11.3 Å². The number of unbranched alkanes of at least 4 members (excludes halogenated alkanes) is 1. The number of para-hydroxylation sites is 1. The zero-order valence-electron chi connectivity index (χ0n) is 22.4. The van der Waals surface area contributed by atoms with Gasteiger partial charge in [-0.1, -0.05) is 67.9 Å². The summed E-state index contributed by atoms with van der Waals surface area (Å²) in [5.74, 6) is -0.189. The van der Waals surface area contributed by atoms with E-state index in [0.29, 0.717) is 0 Å². The number of hydrogen-bond acceptors (Lipinski definition) is 3. The highest BCUT2D eigenvalue weighted by atomic mass is 32.2. The summed E-state index contributed by atoms with van der Waals surface area (Å²) in [5, 5.41) is 3.79. The Morgan fingerprint density at radius 1 is 0.732 bits per heavy atom. The maximum Gasteiger partial charge on any atom is 0.485 e. The Morgan fingerprint density at radius 2 is 1.24 bits per heavy atom. The molecule has 0 aliphatic carbocycles. The molecule has 0 spiro atoms. The molecule has 0 radical (unpaired) electrons. The molecule has 0 amide bonds. The molecule has 0 bridgehead atoms. The van der Waals surface area contributed by atoms with Gasteiger partial charge in [-0.05, 0) is 60.4 Å². The van der Waals surface area contributed by atoms with E-state index in [-0.39, 0.29) is 5.82 Å². The van der Waals surface area contributed by atoms with E-state index in [9.17, 15) is 17.6 Å². The third-order valence-corrected chi connectivity index (χ3v) is 7.37. The molecule has 4 aromatic carbocycles. The van der Waals surface area contributed by atoms with E-state index >= 15 is 0 Å². The van der Waals surface area contributed by atoms with Crippen LogP contribution in [0.3, 0.4) is 0 Å². The number of pyridine rings is 1. The molecule has 0 atom stereocenters. The summed E-state index contributed by atoms with van der Waals surface area (Å²) >= 11 is 0. The Morgan fingerprint density at radius 3 is 1.83 bits per heavy atom. The molecular formula is C32H29F4NO3S. The van der Waals surface area contributed by atoms with Crippen molar-refractivity contribution in [3.05, 3.63) is 114 Å². The fourth-order valence-corrected chi connectivity index (χ4v) is 4.77. The van der Waals surface area contributed by atoms with Gasteiger partial charge < -0.3 is 4.55 Å². The van der Waals surface area contributed by atoms with Gasteiger partial charge in [-0.25, -0.2) is 12.8 Å². The van der Waals surface area contributed by atoms with E-state index < -0.39 is 15.6 Å². The van der Waals surface area contributed by atoms with Gasteiger partial charge >= 0.3 is 5.51 Å². The number of aromatic nitrogens is 1. The molecule has 5 aromatic rings.